The van der Waals surface area contributed by atoms with Gasteiger partial charge in [-0.05, 0) is 93.0 Å². The number of fused-ring (bicyclic) bond motifs is 1. The molecule has 0 aromatic heterocycles. The van der Waals surface area contributed by atoms with Crippen LogP contribution in [0.25, 0.3) is 11.6 Å². The Hall–Kier alpha value is -2.96. The highest BCUT2D eigenvalue weighted by atomic mass is 35.5. The summed E-state index contributed by atoms with van der Waals surface area (Å²) in [4.78, 5) is 29.6. The van der Waals surface area contributed by atoms with E-state index in [0.717, 1.165) is 29.8 Å². The summed E-state index contributed by atoms with van der Waals surface area (Å²) in [6.45, 7) is 9.64. The normalized spacial score (nSPS) is 18.9. The Balaban J connectivity index is 1.73. The molecule has 0 saturated carbocycles. The summed E-state index contributed by atoms with van der Waals surface area (Å²) in [7, 11) is 0. The Morgan fingerprint density at radius 2 is 1.82 bits per heavy atom. The number of thiocarbonyl (C=S) groups is 1. The topological polar surface area (TPSA) is 52.7 Å². The molecule has 2 aromatic rings. The molecule has 0 radical (unpaired) electrons. The minimum absolute atomic E-state index is 0.0293. The lowest BCUT2D eigenvalue weighted by Gasteiger charge is -2.43. The van der Waals surface area contributed by atoms with E-state index in [2.05, 4.69) is 50.1 Å². The minimum Gasteiger partial charge on any atom is -0.362 e. The van der Waals surface area contributed by atoms with Crippen LogP contribution in [0.4, 0.5) is 11.4 Å². The highest BCUT2D eigenvalue weighted by Gasteiger charge is 2.35. The Bertz CT molecular complexity index is 1210. The largest absolute Gasteiger partial charge is 0.362 e. The number of hydrogen-bond acceptors (Lipinski definition) is 4. The number of nitrogens with zero attached hydrogens (tertiary/aromatic N) is 2. The number of allylic oxidation sites excluding steroid dienone is 1. The predicted molar refractivity (Wildman–Crippen MR) is 139 cm³/mol. The van der Waals surface area contributed by atoms with Gasteiger partial charge in [-0.15, -0.1) is 0 Å². The highest BCUT2D eigenvalue weighted by Crippen LogP contribution is 2.39. The van der Waals surface area contributed by atoms with Crippen molar-refractivity contribution in [3.63, 3.8) is 0 Å². The van der Waals surface area contributed by atoms with Crippen molar-refractivity contribution in [1.82, 2.24) is 5.32 Å². The molecule has 5 nitrogen and oxygen atoms in total. The van der Waals surface area contributed by atoms with Gasteiger partial charge in [0.1, 0.15) is 5.57 Å². The van der Waals surface area contributed by atoms with Crippen molar-refractivity contribution >= 4 is 63.8 Å². The number of halogens is 1. The first-order chi connectivity index (χ1) is 15.6. The SMILES string of the molecule is CCCN1c2ccc(/C=C3/C(=O)NC(=S)N(c4ccc(Cl)cc4)C3=O)cc2C(C)=CC1(C)C. The van der Waals surface area contributed by atoms with Gasteiger partial charge < -0.3 is 4.90 Å². The van der Waals surface area contributed by atoms with Gasteiger partial charge >= 0.3 is 0 Å². The van der Waals surface area contributed by atoms with Gasteiger partial charge in [-0.3, -0.25) is 19.8 Å². The van der Waals surface area contributed by atoms with E-state index in [-0.39, 0.29) is 16.2 Å². The van der Waals surface area contributed by atoms with Gasteiger partial charge in [0, 0.05) is 22.8 Å². The molecule has 0 unspecified atom stereocenters. The van der Waals surface area contributed by atoms with Crippen molar-refractivity contribution in [3.05, 3.63) is 70.3 Å². The van der Waals surface area contributed by atoms with E-state index in [1.54, 1.807) is 30.3 Å². The zero-order valence-corrected chi connectivity index (χ0v) is 20.7. The molecule has 0 aliphatic carbocycles. The van der Waals surface area contributed by atoms with E-state index < -0.39 is 11.8 Å². The van der Waals surface area contributed by atoms with Crippen LogP contribution in [0.1, 0.15) is 45.2 Å². The average Bonchev–Trinajstić information content (AvgIpc) is 2.75. The molecular weight excluding hydrogens is 454 g/mol. The van der Waals surface area contributed by atoms with Crippen molar-refractivity contribution in [2.45, 2.75) is 39.7 Å². The first-order valence-corrected chi connectivity index (χ1v) is 11.7. The number of benzene rings is 2. The monoisotopic (exact) mass is 479 g/mol. The molecule has 1 N–H and O–H groups in total. The summed E-state index contributed by atoms with van der Waals surface area (Å²) in [5.41, 5.74) is 4.70. The lowest BCUT2D eigenvalue weighted by Crippen LogP contribution is -2.54. The number of amides is 2. The summed E-state index contributed by atoms with van der Waals surface area (Å²) in [6.07, 6.45) is 4.93. The molecule has 2 aromatic carbocycles. The number of carbonyl (C=O) groups excluding carboxylic acids is 2. The summed E-state index contributed by atoms with van der Waals surface area (Å²) in [5.74, 6) is -0.973. The molecule has 33 heavy (non-hydrogen) atoms. The second kappa shape index (κ2) is 8.76. The summed E-state index contributed by atoms with van der Waals surface area (Å²) < 4.78 is 0. The first-order valence-electron chi connectivity index (χ1n) is 10.9. The second-order valence-corrected chi connectivity index (χ2v) is 9.67. The van der Waals surface area contributed by atoms with Crippen molar-refractivity contribution in [3.8, 4) is 0 Å². The number of rotatable bonds is 4. The number of anilines is 2. The van der Waals surface area contributed by atoms with Gasteiger partial charge in [0.15, 0.2) is 5.11 Å². The summed E-state index contributed by atoms with van der Waals surface area (Å²) >= 11 is 11.2. The van der Waals surface area contributed by atoms with Gasteiger partial charge in [0.05, 0.1) is 11.2 Å². The summed E-state index contributed by atoms with van der Waals surface area (Å²) in [6, 6.07) is 12.8. The van der Waals surface area contributed by atoms with E-state index >= 15 is 0 Å². The minimum atomic E-state index is -0.506. The Morgan fingerprint density at radius 1 is 1.12 bits per heavy atom. The van der Waals surface area contributed by atoms with E-state index in [1.807, 2.05) is 12.1 Å². The third-order valence-corrected chi connectivity index (χ3v) is 6.48. The lowest BCUT2D eigenvalue weighted by molar-refractivity contribution is -0.122. The third-order valence-electron chi connectivity index (χ3n) is 5.95. The van der Waals surface area contributed by atoms with Gasteiger partial charge in [0.25, 0.3) is 11.8 Å². The molecule has 4 rings (SSSR count). The zero-order chi connectivity index (χ0) is 23.9. The summed E-state index contributed by atoms with van der Waals surface area (Å²) in [5, 5.41) is 3.22. The number of hydrogen-bond donors (Lipinski definition) is 1. The molecule has 0 atom stereocenters. The smallest absolute Gasteiger partial charge is 0.270 e. The molecular formula is C26H26ClN3O2S. The molecule has 2 aliphatic rings. The molecule has 170 valence electrons. The van der Waals surface area contributed by atoms with Crippen LogP contribution in [0, 0.1) is 0 Å². The number of carbonyl (C=O) groups is 2. The van der Waals surface area contributed by atoms with E-state index in [4.69, 9.17) is 23.8 Å². The van der Waals surface area contributed by atoms with Crippen molar-refractivity contribution in [2.75, 3.05) is 16.3 Å². The highest BCUT2D eigenvalue weighted by molar-refractivity contribution is 7.80. The second-order valence-electron chi connectivity index (χ2n) is 8.84. The molecule has 0 spiro atoms. The van der Waals surface area contributed by atoms with Crippen LogP contribution in [0.3, 0.4) is 0 Å². The standard InChI is InChI=1S/C26H26ClN3O2S/c1-5-12-29-22-11-6-17(13-20(22)16(2)15-26(29,3)4)14-21-23(31)28-25(33)30(24(21)32)19-9-7-18(27)8-10-19/h6-11,13-15H,5,12H2,1-4H3,(H,28,31,33)/b21-14-. The third kappa shape index (κ3) is 4.33. The maximum atomic E-state index is 13.3. The van der Waals surface area contributed by atoms with Crippen LogP contribution in [0.5, 0.6) is 0 Å². The average molecular weight is 480 g/mol. The van der Waals surface area contributed by atoms with E-state index in [1.165, 1.54) is 10.5 Å². The fourth-order valence-corrected chi connectivity index (χ4v) is 4.88. The predicted octanol–water partition coefficient (Wildman–Crippen LogP) is 5.58. The zero-order valence-electron chi connectivity index (χ0n) is 19.1. The fraction of sp³-hybridized carbons (Fsp3) is 0.269. The van der Waals surface area contributed by atoms with Crippen LogP contribution in [0.2, 0.25) is 5.02 Å². The molecule has 2 amide bonds. The van der Waals surface area contributed by atoms with Gasteiger partial charge in [-0.1, -0.05) is 30.7 Å². The van der Waals surface area contributed by atoms with Crippen molar-refractivity contribution in [2.24, 2.45) is 0 Å². The van der Waals surface area contributed by atoms with E-state index in [0.29, 0.717) is 10.7 Å². The maximum absolute atomic E-state index is 13.3. The molecule has 7 heteroatoms. The Kier molecular flexibility index (Phi) is 6.16. The van der Waals surface area contributed by atoms with Crippen LogP contribution >= 0.6 is 23.8 Å². The van der Waals surface area contributed by atoms with Crippen LogP contribution in [-0.4, -0.2) is 29.0 Å². The van der Waals surface area contributed by atoms with Crippen LogP contribution in [0.15, 0.2) is 54.1 Å². The van der Waals surface area contributed by atoms with Crippen LogP contribution < -0.4 is 15.1 Å². The van der Waals surface area contributed by atoms with E-state index in [9.17, 15) is 9.59 Å². The quantitative estimate of drug-likeness (QED) is 0.353. The first kappa shape index (κ1) is 23.2. The van der Waals surface area contributed by atoms with Crippen molar-refractivity contribution < 1.29 is 9.59 Å². The molecule has 2 aliphatic heterocycles. The van der Waals surface area contributed by atoms with Gasteiger partial charge in [-0.2, -0.15) is 0 Å². The molecule has 1 saturated heterocycles. The molecule has 0 bridgehead atoms. The molecule has 1 fully saturated rings. The van der Waals surface area contributed by atoms with Crippen molar-refractivity contribution in [1.29, 1.82) is 0 Å². The maximum Gasteiger partial charge on any atom is 0.270 e. The van der Waals surface area contributed by atoms with Gasteiger partial charge in [-0.25, -0.2) is 0 Å². The van der Waals surface area contributed by atoms with Crippen LogP contribution in [-0.2, 0) is 9.59 Å². The Morgan fingerprint density at radius 3 is 2.48 bits per heavy atom. The molecule has 2 heterocycles. The Labute approximate surface area is 204 Å². The van der Waals surface area contributed by atoms with Gasteiger partial charge in [0.2, 0.25) is 0 Å². The number of nitrogens with one attached hydrogen (secondary N) is 1. The fourth-order valence-electron chi connectivity index (χ4n) is 4.47. The lowest BCUT2D eigenvalue weighted by atomic mass is 9.87.